The first kappa shape index (κ1) is 22.8. The smallest absolute Gasteiger partial charge is 0.378 e. The van der Waals surface area contributed by atoms with E-state index < -0.39 is 41.2 Å². The molecule has 0 aromatic heterocycles. The van der Waals surface area contributed by atoms with Gasteiger partial charge in [-0.15, -0.1) is 0 Å². The minimum absolute atomic E-state index is 0.122. The lowest BCUT2D eigenvalue weighted by atomic mass is 9.96. The Morgan fingerprint density at radius 1 is 0.846 bits per heavy atom. The Labute approximate surface area is 143 Å². The topological polar surface area (TPSA) is 24.8 Å². The van der Waals surface area contributed by atoms with Gasteiger partial charge in [0.05, 0.1) is 13.2 Å². The molecule has 152 valence electrons. The fourth-order valence-electron chi connectivity index (χ4n) is 1.89. The fourth-order valence-corrected chi connectivity index (χ4v) is 2.17. The van der Waals surface area contributed by atoms with Gasteiger partial charge < -0.3 is 9.64 Å². The number of alkyl halides is 11. The molecule has 0 bridgehead atoms. The van der Waals surface area contributed by atoms with E-state index in [4.69, 9.17) is 4.74 Å². The molecule has 0 radical (unpaired) electrons. The zero-order valence-corrected chi connectivity index (χ0v) is 13.1. The zero-order chi connectivity index (χ0) is 20.6. The van der Waals surface area contributed by atoms with Crippen LogP contribution >= 0.6 is 12.2 Å². The van der Waals surface area contributed by atoms with Crippen molar-refractivity contribution in [3.8, 4) is 0 Å². The molecule has 0 N–H and O–H groups in total. The summed E-state index contributed by atoms with van der Waals surface area (Å²) in [5, 5.41) is -1.26. The van der Waals surface area contributed by atoms with Crippen LogP contribution in [0.4, 0.5) is 48.3 Å². The van der Waals surface area contributed by atoms with E-state index in [9.17, 15) is 48.3 Å². The van der Waals surface area contributed by atoms with E-state index in [2.05, 4.69) is 17.2 Å². The number of morpholine rings is 1. The van der Waals surface area contributed by atoms with Gasteiger partial charge in [-0.3, -0.25) is 0 Å². The molecule has 3 nitrogen and oxygen atoms in total. The Kier molecular flexibility index (Phi) is 6.49. The van der Waals surface area contributed by atoms with Gasteiger partial charge in [-0.05, 0) is 12.2 Å². The average molecular weight is 426 g/mol. The van der Waals surface area contributed by atoms with Crippen molar-refractivity contribution < 1.29 is 53.0 Å². The Hall–Kier alpha value is -1.25. The molecule has 1 aliphatic heterocycles. The van der Waals surface area contributed by atoms with E-state index in [-0.39, 0.29) is 26.3 Å². The molecule has 1 heterocycles. The minimum Gasteiger partial charge on any atom is -0.378 e. The van der Waals surface area contributed by atoms with Crippen molar-refractivity contribution >= 4 is 23.0 Å². The largest absolute Gasteiger partial charge is 0.459 e. The number of hydrogen-bond acceptors (Lipinski definition) is 2. The first-order valence-electron chi connectivity index (χ1n) is 6.53. The van der Waals surface area contributed by atoms with Crippen LogP contribution in [0, 0.1) is 5.92 Å². The van der Waals surface area contributed by atoms with Crippen LogP contribution in [0.25, 0.3) is 0 Å². The highest BCUT2D eigenvalue weighted by atomic mass is 32.1. The lowest BCUT2D eigenvalue weighted by molar-refractivity contribution is -0.280. The summed E-state index contributed by atoms with van der Waals surface area (Å²) in [6.07, 6.45) is -19.8. The highest BCUT2D eigenvalue weighted by molar-refractivity contribution is 7.80. The molecular weight excluding hydrogens is 417 g/mol. The van der Waals surface area contributed by atoms with Crippen molar-refractivity contribution in [1.82, 2.24) is 4.90 Å². The van der Waals surface area contributed by atoms with E-state index in [1.807, 2.05) is 0 Å². The lowest BCUT2D eigenvalue weighted by Gasteiger charge is -2.32. The predicted molar refractivity (Wildman–Crippen MR) is 69.0 cm³/mol. The Morgan fingerprint density at radius 2 is 1.27 bits per heavy atom. The number of nitrogens with zero attached hydrogens (tertiary/aromatic N) is 2. The van der Waals surface area contributed by atoms with Crippen molar-refractivity contribution in [3.63, 3.8) is 0 Å². The van der Waals surface area contributed by atoms with Crippen molar-refractivity contribution in [1.29, 1.82) is 0 Å². The zero-order valence-electron chi connectivity index (χ0n) is 12.3. The van der Waals surface area contributed by atoms with Gasteiger partial charge in [0.15, 0.2) is 11.0 Å². The summed E-state index contributed by atoms with van der Waals surface area (Å²) in [5.41, 5.74) is -3.47. The average Bonchev–Trinajstić information content (AvgIpc) is 2.43. The molecular formula is C11H9F11N2OS. The van der Waals surface area contributed by atoms with E-state index in [0.717, 1.165) is 4.90 Å². The van der Waals surface area contributed by atoms with Gasteiger partial charge in [0.25, 0.3) is 0 Å². The highest BCUT2D eigenvalue weighted by Crippen LogP contribution is 2.47. The maximum atomic E-state index is 13.5. The van der Waals surface area contributed by atoms with Gasteiger partial charge in [-0.1, -0.05) is 0 Å². The van der Waals surface area contributed by atoms with Crippen LogP contribution in [0.2, 0.25) is 0 Å². The first-order valence-corrected chi connectivity index (χ1v) is 6.94. The number of thiocarbonyl (C=S) groups is 1. The van der Waals surface area contributed by atoms with Gasteiger partial charge in [0.1, 0.15) is 5.71 Å². The molecule has 0 aliphatic carbocycles. The van der Waals surface area contributed by atoms with Crippen LogP contribution in [0.3, 0.4) is 0 Å². The lowest BCUT2D eigenvalue weighted by Crippen LogP contribution is -2.55. The van der Waals surface area contributed by atoms with Gasteiger partial charge in [-0.25, -0.2) is 4.99 Å². The molecule has 1 rings (SSSR count). The molecule has 0 saturated carbocycles. The summed E-state index contributed by atoms with van der Waals surface area (Å²) < 4.78 is 145. The van der Waals surface area contributed by atoms with Crippen LogP contribution in [0.1, 0.15) is 0 Å². The SMILES string of the molecule is FC(F)(F)C(/C(=N/C(=S)N1CCOCC1)C(F)(F)C(F)(F)F)C(F)(F)F. The third-order valence-electron chi connectivity index (χ3n) is 3.10. The normalized spacial score (nSPS) is 18.5. The van der Waals surface area contributed by atoms with Crippen molar-refractivity contribution in [2.75, 3.05) is 26.3 Å². The molecule has 1 saturated heterocycles. The summed E-state index contributed by atoms with van der Waals surface area (Å²) >= 11 is 4.35. The third-order valence-corrected chi connectivity index (χ3v) is 3.45. The van der Waals surface area contributed by atoms with Crippen LogP contribution in [0.5, 0.6) is 0 Å². The van der Waals surface area contributed by atoms with Crippen molar-refractivity contribution in [3.05, 3.63) is 0 Å². The molecule has 1 fully saturated rings. The summed E-state index contributed by atoms with van der Waals surface area (Å²) in [7, 11) is 0. The molecule has 15 heteroatoms. The van der Waals surface area contributed by atoms with Crippen LogP contribution in [0.15, 0.2) is 4.99 Å². The van der Waals surface area contributed by atoms with Gasteiger partial charge in [0, 0.05) is 13.1 Å². The summed E-state index contributed by atoms with van der Waals surface area (Å²) in [6.45, 7) is -0.753. The van der Waals surface area contributed by atoms with Crippen LogP contribution < -0.4 is 0 Å². The maximum Gasteiger partial charge on any atom is 0.459 e. The van der Waals surface area contributed by atoms with Crippen LogP contribution in [-0.2, 0) is 4.74 Å². The number of rotatable bonds is 2. The number of halogens is 11. The predicted octanol–water partition coefficient (Wildman–Crippen LogP) is 3.98. The second-order valence-corrected chi connectivity index (χ2v) is 5.33. The molecule has 0 amide bonds. The monoisotopic (exact) mass is 426 g/mol. The molecule has 0 aromatic rings. The van der Waals surface area contributed by atoms with E-state index >= 15 is 0 Å². The molecule has 0 aromatic carbocycles. The maximum absolute atomic E-state index is 13.5. The van der Waals surface area contributed by atoms with Gasteiger partial charge in [-0.2, -0.15) is 48.3 Å². The number of hydrogen-bond donors (Lipinski definition) is 0. The van der Waals surface area contributed by atoms with Crippen LogP contribution in [-0.4, -0.2) is 66.5 Å². The first-order chi connectivity index (χ1) is 11.5. The minimum atomic E-state index is -6.75. The highest BCUT2D eigenvalue weighted by Gasteiger charge is 2.71. The fraction of sp³-hybridized carbons (Fsp3) is 0.818. The summed E-state index contributed by atoms with van der Waals surface area (Å²) in [6, 6.07) is 0. The summed E-state index contributed by atoms with van der Waals surface area (Å²) in [5.74, 6) is -11.7. The number of ether oxygens (including phenoxy) is 1. The van der Waals surface area contributed by atoms with Crippen molar-refractivity contribution in [2.24, 2.45) is 10.9 Å². The second-order valence-electron chi connectivity index (χ2n) is 4.97. The standard InChI is InChI=1S/C11H9F11N2OS/c12-8(13,11(20,21)22)6(5(9(14,15)16)10(17,18)19)23-7(26)24-1-3-25-4-2-24/h5H,1-4H2/b23-6-. The quantitative estimate of drug-likeness (QED) is 0.380. The Bertz CT molecular complexity index is 532. The number of aliphatic imine (C=N–C) groups is 1. The molecule has 0 unspecified atom stereocenters. The van der Waals surface area contributed by atoms with Gasteiger partial charge >= 0.3 is 24.5 Å². The Morgan fingerprint density at radius 3 is 1.62 bits per heavy atom. The molecule has 1 aliphatic rings. The molecule has 26 heavy (non-hydrogen) atoms. The van der Waals surface area contributed by atoms with Crippen molar-refractivity contribution in [2.45, 2.75) is 24.5 Å². The van der Waals surface area contributed by atoms with Gasteiger partial charge in [0.2, 0.25) is 0 Å². The van der Waals surface area contributed by atoms with E-state index in [0.29, 0.717) is 0 Å². The molecule has 0 atom stereocenters. The van der Waals surface area contributed by atoms with E-state index in [1.54, 1.807) is 0 Å². The van der Waals surface area contributed by atoms with E-state index in [1.165, 1.54) is 0 Å². The third kappa shape index (κ3) is 5.14. The second kappa shape index (κ2) is 7.40. The molecule has 0 spiro atoms. The summed E-state index contributed by atoms with van der Waals surface area (Å²) in [4.78, 5) is 3.04. The Balaban J connectivity index is 3.51.